The summed E-state index contributed by atoms with van der Waals surface area (Å²) in [6.07, 6.45) is 0. The van der Waals surface area contributed by atoms with Crippen molar-refractivity contribution in [1.82, 2.24) is 0 Å². The molecule has 0 aliphatic heterocycles. The fraction of sp³-hybridized carbons (Fsp3) is 0.0714. The summed E-state index contributed by atoms with van der Waals surface area (Å²) in [6.45, 7) is 0.495. The summed E-state index contributed by atoms with van der Waals surface area (Å²) in [6, 6.07) is 13.1. The van der Waals surface area contributed by atoms with Crippen molar-refractivity contribution >= 4 is 46.4 Å². The van der Waals surface area contributed by atoms with Crippen molar-refractivity contribution in [2.45, 2.75) is 6.54 Å². The van der Waals surface area contributed by atoms with E-state index in [1.54, 1.807) is 12.1 Å². The number of hydrogen-bond acceptors (Lipinski definition) is 1. The molecule has 0 saturated carbocycles. The lowest BCUT2D eigenvalue weighted by Gasteiger charge is -2.08. The van der Waals surface area contributed by atoms with E-state index in [-0.39, 0.29) is 5.96 Å². The number of nitrogens with zero attached hydrogens (tertiary/aromatic N) is 1. The van der Waals surface area contributed by atoms with Gasteiger partial charge in [0.2, 0.25) is 0 Å². The van der Waals surface area contributed by atoms with Crippen LogP contribution < -0.4 is 11.1 Å². The van der Waals surface area contributed by atoms with Crippen LogP contribution in [0.15, 0.2) is 47.5 Å². The molecular weight excluding hydrogens is 317 g/mol. The highest BCUT2D eigenvalue weighted by atomic mass is 35.5. The first-order valence-electron chi connectivity index (χ1n) is 5.81. The number of halogens is 3. The van der Waals surface area contributed by atoms with E-state index in [2.05, 4.69) is 10.3 Å². The molecular formula is C14H12Cl3N3. The summed E-state index contributed by atoms with van der Waals surface area (Å²) < 4.78 is 0. The molecule has 2 aromatic carbocycles. The first-order valence-corrected chi connectivity index (χ1v) is 6.95. The molecule has 3 nitrogen and oxygen atoms in total. The van der Waals surface area contributed by atoms with Crippen LogP contribution in [0.5, 0.6) is 0 Å². The van der Waals surface area contributed by atoms with Crippen molar-refractivity contribution in [3.8, 4) is 0 Å². The lowest BCUT2D eigenvalue weighted by molar-refractivity contribution is 1.06. The minimum absolute atomic E-state index is 0.281. The van der Waals surface area contributed by atoms with Crippen LogP contribution >= 0.6 is 34.8 Å². The number of benzene rings is 2. The van der Waals surface area contributed by atoms with Gasteiger partial charge in [-0.25, -0.2) is 4.99 Å². The normalized spacial score (nSPS) is 11.4. The zero-order valence-electron chi connectivity index (χ0n) is 10.4. The Labute approximate surface area is 132 Å². The first-order chi connectivity index (χ1) is 9.56. The third-order valence-corrected chi connectivity index (χ3v) is 3.73. The molecule has 3 N–H and O–H groups in total. The number of rotatable bonds is 3. The molecule has 0 amide bonds. The summed E-state index contributed by atoms with van der Waals surface area (Å²) in [5, 5.41) is 3.96. The van der Waals surface area contributed by atoms with Gasteiger partial charge in [0.25, 0.3) is 0 Å². The number of nitrogens with one attached hydrogen (secondary N) is 1. The Hall–Kier alpha value is -1.42. The number of guanidine groups is 1. The van der Waals surface area contributed by atoms with Gasteiger partial charge in [-0.1, -0.05) is 65.1 Å². The lowest BCUT2D eigenvalue weighted by atomic mass is 10.2. The van der Waals surface area contributed by atoms with Crippen LogP contribution in [0.2, 0.25) is 15.1 Å². The molecule has 0 bridgehead atoms. The summed E-state index contributed by atoms with van der Waals surface area (Å²) in [7, 11) is 0. The fourth-order valence-electron chi connectivity index (χ4n) is 1.57. The number of hydrogen-bond donors (Lipinski definition) is 2. The Morgan fingerprint density at radius 3 is 2.25 bits per heavy atom. The lowest BCUT2D eigenvalue weighted by Crippen LogP contribution is -2.22. The Bertz CT molecular complexity index is 604. The van der Waals surface area contributed by atoms with E-state index in [0.29, 0.717) is 27.3 Å². The van der Waals surface area contributed by atoms with E-state index in [0.717, 1.165) is 5.56 Å². The highest BCUT2D eigenvalue weighted by Crippen LogP contribution is 2.32. The molecule has 0 aliphatic carbocycles. The molecule has 0 spiro atoms. The Morgan fingerprint density at radius 1 is 1.05 bits per heavy atom. The highest BCUT2D eigenvalue weighted by molar-refractivity contribution is 6.48. The van der Waals surface area contributed by atoms with Crippen LogP contribution in [-0.4, -0.2) is 5.96 Å². The molecule has 0 heterocycles. The van der Waals surface area contributed by atoms with Crippen molar-refractivity contribution < 1.29 is 0 Å². The maximum atomic E-state index is 5.94. The average Bonchev–Trinajstić information content (AvgIpc) is 2.43. The van der Waals surface area contributed by atoms with E-state index in [4.69, 9.17) is 40.5 Å². The van der Waals surface area contributed by atoms with E-state index in [9.17, 15) is 0 Å². The predicted molar refractivity (Wildman–Crippen MR) is 86.9 cm³/mol. The van der Waals surface area contributed by atoms with Gasteiger partial charge in [-0.15, -0.1) is 0 Å². The standard InChI is InChI=1S/C14H12Cl3N3/c15-11-6-10(7-12(16)13(11)17)20-14(18)19-8-9-4-2-1-3-5-9/h1-7H,8H2,(H3,18,19,20). The summed E-state index contributed by atoms with van der Waals surface area (Å²) in [5.74, 6) is 0.281. The maximum Gasteiger partial charge on any atom is 0.193 e. The zero-order valence-corrected chi connectivity index (χ0v) is 12.7. The summed E-state index contributed by atoms with van der Waals surface area (Å²) in [4.78, 5) is 4.24. The van der Waals surface area contributed by atoms with Crippen LogP contribution in [0, 0.1) is 0 Å². The van der Waals surface area contributed by atoms with E-state index < -0.39 is 0 Å². The molecule has 2 aromatic rings. The summed E-state index contributed by atoms with van der Waals surface area (Å²) >= 11 is 17.8. The first kappa shape index (κ1) is 15.0. The van der Waals surface area contributed by atoms with Gasteiger partial charge in [-0.05, 0) is 17.7 Å². The Kier molecular flexibility index (Phi) is 5.12. The van der Waals surface area contributed by atoms with Crippen LogP contribution in [0.3, 0.4) is 0 Å². The minimum atomic E-state index is 0.281. The van der Waals surface area contributed by atoms with Crippen molar-refractivity contribution in [2.75, 3.05) is 5.32 Å². The zero-order chi connectivity index (χ0) is 14.5. The molecule has 0 atom stereocenters. The van der Waals surface area contributed by atoms with Gasteiger partial charge < -0.3 is 11.1 Å². The quantitative estimate of drug-likeness (QED) is 0.492. The van der Waals surface area contributed by atoms with Crippen LogP contribution in [0.25, 0.3) is 0 Å². The van der Waals surface area contributed by atoms with Crippen molar-refractivity contribution in [2.24, 2.45) is 10.7 Å². The van der Waals surface area contributed by atoms with Gasteiger partial charge in [0, 0.05) is 5.69 Å². The smallest absolute Gasteiger partial charge is 0.193 e. The molecule has 104 valence electrons. The average molecular weight is 329 g/mol. The largest absolute Gasteiger partial charge is 0.370 e. The second-order valence-electron chi connectivity index (χ2n) is 4.07. The van der Waals surface area contributed by atoms with Gasteiger partial charge >= 0.3 is 0 Å². The molecule has 0 aromatic heterocycles. The molecule has 0 radical (unpaired) electrons. The second kappa shape index (κ2) is 6.84. The number of aliphatic imine (C=N–C) groups is 1. The third-order valence-electron chi connectivity index (χ3n) is 2.53. The van der Waals surface area contributed by atoms with Crippen molar-refractivity contribution in [3.05, 3.63) is 63.1 Å². The monoisotopic (exact) mass is 327 g/mol. The van der Waals surface area contributed by atoms with Gasteiger partial charge in [-0.2, -0.15) is 0 Å². The van der Waals surface area contributed by atoms with Gasteiger partial charge in [-0.3, -0.25) is 0 Å². The second-order valence-corrected chi connectivity index (χ2v) is 5.26. The van der Waals surface area contributed by atoms with Crippen molar-refractivity contribution in [3.63, 3.8) is 0 Å². The van der Waals surface area contributed by atoms with Gasteiger partial charge in [0.15, 0.2) is 5.96 Å². The Morgan fingerprint density at radius 2 is 1.65 bits per heavy atom. The molecule has 2 rings (SSSR count). The SMILES string of the molecule is NC(=NCc1ccccc1)Nc1cc(Cl)c(Cl)c(Cl)c1. The van der Waals surface area contributed by atoms with Crippen molar-refractivity contribution in [1.29, 1.82) is 0 Å². The number of nitrogens with two attached hydrogens (primary N) is 1. The minimum Gasteiger partial charge on any atom is -0.370 e. The summed E-state index contributed by atoms with van der Waals surface area (Å²) in [5.41, 5.74) is 7.52. The Balaban J connectivity index is 2.06. The molecule has 0 saturated heterocycles. The van der Waals surface area contributed by atoms with Gasteiger partial charge in [0.1, 0.15) is 0 Å². The van der Waals surface area contributed by atoms with Gasteiger partial charge in [0.05, 0.1) is 21.6 Å². The van der Waals surface area contributed by atoms with E-state index >= 15 is 0 Å². The van der Waals surface area contributed by atoms with Crippen LogP contribution in [0.4, 0.5) is 5.69 Å². The van der Waals surface area contributed by atoms with E-state index in [1.807, 2.05) is 30.3 Å². The third kappa shape index (κ3) is 4.04. The predicted octanol–water partition coefficient (Wildman–Crippen LogP) is 4.57. The molecule has 0 unspecified atom stereocenters. The molecule has 0 fully saturated rings. The number of anilines is 1. The fourth-order valence-corrected chi connectivity index (χ4v) is 2.17. The molecule has 6 heteroatoms. The van der Waals surface area contributed by atoms with Crippen LogP contribution in [-0.2, 0) is 6.54 Å². The molecule has 0 aliphatic rings. The maximum absolute atomic E-state index is 5.94. The topological polar surface area (TPSA) is 50.4 Å². The molecule has 20 heavy (non-hydrogen) atoms. The van der Waals surface area contributed by atoms with Crippen LogP contribution in [0.1, 0.15) is 5.56 Å². The van der Waals surface area contributed by atoms with E-state index in [1.165, 1.54) is 0 Å². The highest BCUT2D eigenvalue weighted by Gasteiger charge is 2.06.